The number of esters is 2. The Hall–Kier alpha value is -4.57. The van der Waals surface area contributed by atoms with Crippen LogP contribution in [0.2, 0.25) is 0 Å². The highest BCUT2D eigenvalue weighted by atomic mass is 16.7. The van der Waals surface area contributed by atoms with E-state index in [-0.39, 0.29) is 38.6 Å². The van der Waals surface area contributed by atoms with Crippen molar-refractivity contribution in [3.05, 3.63) is 134 Å². The minimum Gasteiger partial charge on any atom is -0.477 e. The Balaban J connectivity index is 4.30. The number of aliphatic carboxylic acids is 1. The van der Waals surface area contributed by atoms with Crippen LogP contribution in [0.25, 0.3) is 0 Å². The van der Waals surface area contributed by atoms with E-state index in [1.165, 1.54) is 77.0 Å². The van der Waals surface area contributed by atoms with Crippen LogP contribution in [0.3, 0.4) is 0 Å². The topological polar surface area (TPSA) is 108 Å². The Labute approximate surface area is 484 Å². The molecular weight excluding hydrogens is 983 g/mol. The number of carboxylic acids is 1. The number of carboxylic acid groups (broad SMARTS) is 1. The Morgan fingerprint density at radius 2 is 0.722 bits per heavy atom. The average molecular weight is 1100 g/mol. The molecule has 79 heavy (non-hydrogen) atoms. The molecule has 0 aromatic carbocycles. The van der Waals surface area contributed by atoms with Crippen molar-refractivity contribution in [1.29, 1.82) is 0 Å². The summed E-state index contributed by atoms with van der Waals surface area (Å²) in [6, 6.07) is 0. The number of hydrogen-bond donors (Lipinski definition) is 1. The number of nitrogens with zero attached hydrogens (tertiary/aromatic N) is 1. The molecule has 0 bridgehead atoms. The van der Waals surface area contributed by atoms with E-state index in [9.17, 15) is 19.5 Å². The number of allylic oxidation sites excluding steroid dienone is 22. The average Bonchev–Trinajstić information content (AvgIpc) is 3.42. The van der Waals surface area contributed by atoms with Crippen molar-refractivity contribution in [3.63, 3.8) is 0 Å². The van der Waals surface area contributed by atoms with Gasteiger partial charge in [-0.3, -0.25) is 9.59 Å². The highest BCUT2D eigenvalue weighted by molar-refractivity contribution is 5.71. The molecule has 2 unspecified atom stereocenters. The molecule has 0 heterocycles. The van der Waals surface area contributed by atoms with Crippen LogP contribution in [0.1, 0.15) is 232 Å². The summed E-state index contributed by atoms with van der Waals surface area (Å²) < 4.78 is 22.9. The number of rotatable bonds is 56. The van der Waals surface area contributed by atoms with Gasteiger partial charge in [-0.25, -0.2) is 4.79 Å². The second kappa shape index (κ2) is 59.5. The van der Waals surface area contributed by atoms with Gasteiger partial charge in [0, 0.05) is 12.8 Å². The molecule has 1 N–H and O–H groups in total. The van der Waals surface area contributed by atoms with Gasteiger partial charge in [0.15, 0.2) is 6.10 Å². The van der Waals surface area contributed by atoms with Crippen LogP contribution in [0.15, 0.2) is 134 Å². The number of ether oxygens (including phenoxy) is 4. The third-order valence-corrected chi connectivity index (χ3v) is 12.9. The van der Waals surface area contributed by atoms with E-state index in [0.717, 1.165) is 122 Å². The Bertz CT molecular complexity index is 1750. The van der Waals surface area contributed by atoms with E-state index >= 15 is 0 Å². The van der Waals surface area contributed by atoms with E-state index in [1.54, 1.807) is 0 Å². The smallest absolute Gasteiger partial charge is 0.361 e. The highest BCUT2D eigenvalue weighted by Gasteiger charge is 2.25. The Morgan fingerprint density at radius 3 is 1.08 bits per heavy atom. The number of carbonyl (C=O) groups excluding carboxylic acids is 2. The van der Waals surface area contributed by atoms with Gasteiger partial charge in [0.05, 0.1) is 34.4 Å². The predicted octanol–water partition coefficient (Wildman–Crippen LogP) is 19.0. The van der Waals surface area contributed by atoms with Crippen LogP contribution in [0.5, 0.6) is 0 Å². The molecule has 9 nitrogen and oxygen atoms in total. The molecule has 0 saturated heterocycles. The quantitative estimate of drug-likeness (QED) is 0.0211. The van der Waals surface area contributed by atoms with Crippen LogP contribution in [0.4, 0.5) is 0 Å². The minimum absolute atomic E-state index is 0.176. The van der Waals surface area contributed by atoms with Crippen molar-refractivity contribution in [3.8, 4) is 0 Å². The van der Waals surface area contributed by atoms with E-state index in [2.05, 4.69) is 148 Å². The largest absolute Gasteiger partial charge is 0.477 e. The second-order valence-corrected chi connectivity index (χ2v) is 21.6. The standard InChI is InChI=1S/C70H115NO8/c1-6-8-10-12-14-16-18-20-22-24-26-28-29-30-31-32-33-34-35-36-37-38-39-41-43-45-47-49-51-53-55-57-59-61-68(73)79-66(65-78-70(69(74)75)76-63-62-71(3,4)5)64-77-67(72)60-58-56-54-52-50-48-46-44-42-40-27-25-23-21-19-17-15-13-11-9-7-2/h8,10,14,16,19-22,25-28,30-31,33-34,36-37,39,41,45,47,66,70H,6-7,9,11-13,15,17-18,23-24,29,32,35,38,40,42-44,46,48-65H2,1-5H3/p+1/b10-8-,16-14-,21-19-,22-20-,27-25-,28-26-,31-30-,34-33-,37-36-,41-39-,47-45-. The summed E-state index contributed by atoms with van der Waals surface area (Å²) in [4.78, 5) is 37.5. The van der Waals surface area contributed by atoms with E-state index in [4.69, 9.17) is 18.9 Å². The first kappa shape index (κ1) is 74.4. The molecule has 0 saturated carbocycles. The van der Waals surface area contributed by atoms with Crippen molar-refractivity contribution in [2.45, 2.75) is 245 Å². The fraction of sp³-hybridized carbons (Fsp3) is 0.643. The van der Waals surface area contributed by atoms with Gasteiger partial charge in [0.1, 0.15) is 13.2 Å². The molecule has 0 rings (SSSR count). The maximum absolute atomic E-state index is 12.9. The van der Waals surface area contributed by atoms with Gasteiger partial charge in [-0.2, -0.15) is 0 Å². The van der Waals surface area contributed by atoms with E-state index in [1.807, 2.05) is 21.1 Å². The third kappa shape index (κ3) is 60.9. The van der Waals surface area contributed by atoms with E-state index in [0.29, 0.717) is 17.4 Å². The van der Waals surface area contributed by atoms with Gasteiger partial charge in [-0.1, -0.05) is 237 Å². The lowest BCUT2D eigenvalue weighted by atomic mass is 10.1. The molecule has 0 aliphatic rings. The minimum atomic E-state index is -1.53. The monoisotopic (exact) mass is 1100 g/mol. The summed E-state index contributed by atoms with van der Waals surface area (Å²) >= 11 is 0. The summed E-state index contributed by atoms with van der Waals surface area (Å²) in [5.41, 5.74) is 0. The fourth-order valence-corrected chi connectivity index (χ4v) is 8.09. The SMILES string of the molecule is CC/C=C\C/C=C\C/C=C\C/C=C\C/C=C\C/C=C\C/C=C\C/C=C\C/C=C\CCCCCCCC(=O)OC(COC(=O)CCCCCCCCCCC/C=C\C/C=C\CCCCCCC)COC(OCC[N+](C)(C)C)C(=O)O. The summed E-state index contributed by atoms with van der Waals surface area (Å²) in [7, 11) is 5.95. The number of likely N-dealkylation sites (N-methyl/N-ethyl adjacent to an activating group) is 1. The summed E-state index contributed by atoms with van der Waals surface area (Å²) in [5, 5.41) is 9.72. The summed E-state index contributed by atoms with van der Waals surface area (Å²) in [5.74, 6) is -2.05. The van der Waals surface area contributed by atoms with Crippen LogP contribution >= 0.6 is 0 Å². The molecular formula is C70H116NO8+. The molecule has 0 amide bonds. The molecule has 2 atom stereocenters. The maximum Gasteiger partial charge on any atom is 0.361 e. The normalized spacial score (nSPS) is 13.7. The first-order chi connectivity index (χ1) is 38.6. The van der Waals surface area contributed by atoms with Gasteiger partial charge in [-0.15, -0.1) is 0 Å². The maximum atomic E-state index is 12.9. The highest BCUT2D eigenvalue weighted by Crippen LogP contribution is 2.14. The molecule has 448 valence electrons. The molecule has 0 aliphatic heterocycles. The van der Waals surface area contributed by atoms with Gasteiger partial charge >= 0.3 is 17.9 Å². The molecule has 0 aromatic rings. The van der Waals surface area contributed by atoms with E-state index < -0.39 is 24.3 Å². The molecule has 0 fully saturated rings. The van der Waals surface area contributed by atoms with Crippen LogP contribution in [-0.2, 0) is 33.3 Å². The first-order valence-corrected chi connectivity index (χ1v) is 31.3. The van der Waals surface area contributed by atoms with Crippen molar-refractivity contribution in [2.24, 2.45) is 0 Å². The molecule has 0 radical (unpaired) electrons. The zero-order valence-electron chi connectivity index (χ0n) is 51.0. The lowest BCUT2D eigenvalue weighted by Crippen LogP contribution is -2.40. The van der Waals surface area contributed by atoms with Crippen LogP contribution < -0.4 is 0 Å². The Morgan fingerprint density at radius 1 is 0.392 bits per heavy atom. The number of unbranched alkanes of at least 4 members (excludes halogenated alkanes) is 19. The summed E-state index contributed by atoms with van der Waals surface area (Å²) in [6.07, 6.45) is 82.4. The van der Waals surface area contributed by atoms with Crippen LogP contribution in [0, 0.1) is 0 Å². The lowest BCUT2D eigenvalue weighted by Gasteiger charge is -2.25. The number of carbonyl (C=O) groups is 3. The number of hydrogen-bond acceptors (Lipinski definition) is 7. The Kier molecular flexibility index (Phi) is 56.1. The molecule has 0 aromatic heterocycles. The molecule has 0 aliphatic carbocycles. The third-order valence-electron chi connectivity index (χ3n) is 12.9. The zero-order chi connectivity index (χ0) is 57.6. The molecule has 0 spiro atoms. The first-order valence-electron chi connectivity index (χ1n) is 31.3. The summed E-state index contributed by atoms with van der Waals surface area (Å²) in [6.45, 7) is 4.71. The van der Waals surface area contributed by atoms with Gasteiger partial charge in [0.2, 0.25) is 0 Å². The zero-order valence-corrected chi connectivity index (χ0v) is 51.0. The van der Waals surface area contributed by atoms with Crippen molar-refractivity contribution in [1.82, 2.24) is 0 Å². The van der Waals surface area contributed by atoms with Crippen molar-refractivity contribution in [2.75, 3.05) is 47.5 Å². The van der Waals surface area contributed by atoms with Crippen molar-refractivity contribution >= 4 is 17.9 Å². The van der Waals surface area contributed by atoms with Gasteiger partial charge in [-0.05, 0) is 116 Å². The number of quaternary nitrogens is 1. The van der Waals surface area contributed by atoms with Gasteiger partial charge < -0.3 is 28.5 Å². The van der Waals surface area contributed by atoms with Gasteiger partial charge in [0.25, 0.3) is 6.29 Å². The lowest BCUT2D eigenvalue weighted by molar-refractivity contribution is -0.870. The predicted molar refractivity (Wildman–Crippen MR) is 336 cm³/mol. The second-order valence-electron chi connectivity index (χ2n) is 21.6. The fourth-order valence-electron chi connectivity index (χ4n) is 8.09. The molecule has 9 heteroatoms. The van der Waals surface area contributed by atoms with Crippen LogP contribution in [-0.4, -0.2) is 87.4 Å². The van der Waals surface area contributed by atoms with Crippen molar-refractivity contribution < 1.29 is 42.9 Å².